The summed E-state index contributed by atoms with van der Waals surface area (Å²) < 4.78 is 5.00. The van der Waals surface area contributed by atoms with Gasteiger partial charge in [0.25, 0.3) is 5.91 Å². The van der Waals surface area contributed by atoms with Crippen LogP contribution in [-0.4, -0.2) is 25.1 Å². The molecule has 102 valence electrons. The first-order chi connectivity index (χ1) is 7.92. The highest BCUT2D eigenvalue weighted by atomic mass is 35.5. The quantitative estimate of drug-likeness (QED) is 0.858. The van der Waals surface area contributed by atoms with Crippen molar-refractivity contribution in [3.63, 3.8) is 0 Å². The van der Waals surface area contributed by atoms with E-state index in [9.17, 15) is 4.79 Å². The number of rotatable bonds is 5. The lowest BCUT2D eigenvalue weighted by Gasteiger charge is -2.18. The normalized spacial score (nSPS) is 10.7. The van der Waals surface area contributed by atoms with Crippen molar-refractivity contribution >= 4 is 18.3 Å². The minimum atomic E-state index is -0.397. The van der Waals surface area contributed by atoms with Gasteiger partial charge in [0.2, 0.25) is 0 Å². The molecular formula is C13H21ClN2O2. The number of amides is 1. The maximum atomic E-state index is 11.8. The van der Waals surface area contributed by atoms with Crippen molar-refractivity contribution in [3.8, 4) is 0 Å². The summed E-state index contributed by atoms with van der Waals surface area (Å²) in [6, 6.07) is 7.33. The molecule has 0 saturated carbocycles. The van der Waals surface area contributed by atoms with E-state index in [1.807, 2.05) is 26.0 Å². The smallest absolute Gasteiger partial charge is 0.251 e. The molecule has 18 heavy (non-hydrogen) atoms. The van der Waals surface area contributed by atoms with Gasteiger partial charge < -0.3 is 15.8 Å². The Hall–Kier alpha value is -1.10. The van der Waals surface area contributed by atoms with Crippen LogP contribution in [0.1, 0.15) is 29.8 Å². The first kappa shape index (κ1) is 16.9. The molecule has 0 fully saturated rings. The standard InChI is InChI=1S/C13H20N2O2.ClH/c1-13(2,14)9-15-12(16)11-6-4-10(5-7-11)8-17-3;/h4-7H,8-9,14H2,1-3H3,(H,15,16);1H. The van der Waals surface area contributed by atoms with Crippen molar-refractivity contribution in [3.05, 3.63) is 35.4 Å². The number of ether oxygens (including phenoxy) is 1. The van der Waals surface area contributed by atoms with Gasteiger partial charge in [0.1, 0.15) is 0 Å². The van der Waals surface area contributed by atoms with Crippen LogP contribution in [0.5, 0.6) is 0 Å². The second-order valence-corrected chi connectivity index (χ2v) is 4.80. The largest absolute Gasteiger partial charge is 0.380 e. The third kappa shape index (κ3) is 6.00. The Morgan fingerprint density at radius 1 is 1.33 bits per heavy atom. The van der Waals surface area contributed by atoms with Gasteiger partial charge in [-0.15, -0.1) is 12.4 Å². The van der Waals surface area contributed by atoms with Crippen LogP contribution in [0.3, 0.4) is 0 Å². The second kappa shape index (κ2) is 7.36. The van der Waals surface area contributed by atoms with Crippen LogP contribution in [0, 0.1) is 0 Å². The third-order valence-electron chi connectivity index (χ3n) is 2.23. The second-order valence-electron chi connectivity index (χ2n) is 4.80. The minimum Gasteiger partial charge on any atom is -0.380 e. The lowest BCUT2D eigenvalue weighted by molar-refractivity contribution is 0.0946. The summed E-state index contributed by atoms with van der Waals surface area (Å²) in [6.07, 6.45) is 0. The van der Waals surface area contributed by atoms with Gasteiger partial charge >= 0.3 is 0 Å². The average molecular weight is 273 g/mol. The van der Waals surface area contributed by atoms with E-state index in [2.05, 4.69) is 5.32 Å². The van der Waals surface area contributed by atoms with Crippen LogP contribution in [0.4, 0.5) is 0 Å². The van der Waals surface area contributed by atoms with Crippen LogP contribution in [-0.2, 0) is 11.3 Å². The molecule has 0 aromatic heterocycles. The van der Waals surface area contributed by atoms with E-state index in [-0.39, 0.29) is 18.3 Å². The van der Waals surface area contributed by atoms with E-state index < -0.39 is 5.54 Å². The number of methoxy groups -OCH3 is 1. The summed E-state index contributed by atoms with van der Waals surface area (Å²) in [5.74, 6) is -0.104. The fraction of sp³-hybridized carbons (Fsp3) is 0.462. The van der Waals surface area contributed by atoms with Crippen molar-refractivity contribution < 1.29 is 9.53 Å². The number of nitrogens with two attached hydrogens (primary N) is 1. The SMILES string of the molecule is COCc1ccc(C(=O)NCC(C)(C)N)cc1.Cl. The van der Waals surface area contributed by atoms with Crippen LogP contribution < -0.4 is 11.1 Å². The summed E-state index contributed by atoms with van der Waals surface area (Å²) in [7, 11) is 1.64. The van der Waals surface area contributed by atoms with Crippen molar-refractivity contribution in [1.29, 1.82) is 0 Å². The van der Waals surface area contributed by atoms with Gasteiger partial charge in [0.15, 0.2) is 0 Å². The predicted molar refractivity (Wildman–Crippen MR) is 75.0 cm³/mol. The van der Waals surface area contributed by atoms with Crippen LogP contribution in [0.2, 0.25) is 0 Å². The van der Waals surface area contributed by atoms with E-state index in [1.54, 1.807) is 19.2 Å². The fourth-order valence-corrected chi connectivity index (χ4v) is 1.33. The fourth-order valence-electron chi connectivity index (χ4n) is 1.33. The summed E-state index contributed by atoms with van der Waals surface area (Å²) in [6.45, 7) is 4.74. The maximum Gasteiger partial charge on any atom is 0.251 e. The summed E-state index contributed by atoms with van der Waals surface area (Å²) in [5, 5.41) is 2.80. The molecule has 1 amide bonds. The van der Waals surface area contributed by atoms with E-state index >= 15 is 0 Å². The molecule has 0 bridgehead atoms. The van der Waals surface area contributed by atoms with Gasteiger partial charge in [0.05, 0.1) is 6.61 Å². The van der Waals surface area contributed by atoms with Crippen molar-refractivity contribution in [2.75, 3.05) is 13.7 Å². The average Bonchev–Trinajstić information content (AvgIpc) is 2.26. The molecule has 0 aliphatic rings. The van der Waals surface area contributed by atoms with Gasteiger partial charge in [-0.2, -0.15) is 0 Å². The van der Waals surface area contributed by atoms with Crippen molar-refractivity contribution in [2.45, 2.75) is 26.0 Å². The molecule has 1 aromatic rings. The number of hydrogen-bond donors (Lipinski definition) is 2. The zero-order valence-corrected chi connectivity index (χ0v) is 11.8. The third-order valence-corrected chi connectivity index (χ3v) is 2.23. The molecular weight excluding hydrogens is 252 g/mol. The van der Waals surface area contributed by atoms with Gasteiger partial charge in [0, 0.05) is 24.8 Å². The molecule has 0 spiro atoms. The Kier molecular flexibility index (Phi) is 6.91. The van der Waals surface area contributed by atoms with E-state index in [1.165, 1.54) is 0 Å². The van der Waals surface area contributed by atoms with Gasteiger partial charge in [-0.3, -0.25) is 4.79 Å². The highest BCUT2D eigenvalue weighted by Crippen LogP contribution is 2.05. The number of benzene rings is 1. The summed E-state index contributed by atoms with van der Waals surface area (Å²) in [5.41, 5.74) is 7.08. The minimum absolute atomic E-state index is 0. The van der Waals surface area contributed by atoms with Crippen LogP contribution in [0.25, 0.3) is 0 Å². The van der Waals surface area contributed by atoms with Crippen molar-refractivity contribution in [1.82, 2.24) is 5.32 Å². The van der Waals surface area contributed by atoms with E-state index in [0.29, 0.717) is 18.7 Å². The lowest BCUT2D eigenvalue weighted by atomic mass is 10.1. The van der Waals surface area contributed by atoms with Gasteiger partial charge in [-0.25, -0.2) is 0 Å². The van der Waals surface area contributed by atoms with Crippen molar-refractivity contribution in [2.24, 2.45) is 5.73 Å². The molecule has 1 rings (SSSR count). The number of nitrogens with one attached hydrogen (secondary N) is 1. The zero-order valence-electron chi connectivity index (χ0n) is 11.0. The summed E-state index contributed by atoms with van der Waals surface area (Å²) in [4.78, 5) is 11.8. The molecule has 5 heteroatoms. The molecule has 0 saturated heterocycles. The Morgan fingerprint density at radius 3 is 2.33 bits per heavy atom. The first-order valence-electron chi connectivity index (χ1n) is 5.57. The van der Waals surface area contributed by atoms with Gasteiger partial charge in [-0.1, -0.05) is 12.1 Å². The number of carbonyl (C=O) groups is 1. The molecule has 0 atom stereocenters. The monoisotopic (exact) mass is 272 g/mol. The molecule has 0 radical (unpaired) electrons. The molecule has 0 unspecified atom stereocenters. The molecule has 1 aromatic carbocycles. The molecule has 3 N–H and O–H groups in total. The van der Waals surface area contributed by atoms with Gasteiger partial charge in [-0.05, 0) is 31.5 Å². The maximum absolute atomic E-state index is 11.8. The summed E-state index contributed by atoms with van der Waals surface area (Å²) >= 11 is 0. The Bertz CT molecular complexity index is 372. The number of halogens is 1. The molecule has 0 aliphatic carbocycles. The molecule has 0 aliphatic heterocycles. The number of hydrogen-bond acceptors (Lipinski definition) is 3. The van der Waals surface area contributed by atoms with Crippen LogP contribution in [0.15, 0.2) is 24.3 Å². The Balaban J connectivity index is 0.00000289. The topological polar surface area (TPSA) is 64.3 Å². The molecule has 4 nitrogen and oxygen atoms in total. The lowest BCUT2D eigenvalue weighted by Crippen LogP contribution is -2.45. The highest BCUT2D eigenvalue weighted by molar-refractivity contribution is 5.94. The van der Waals surface area contributed by atoms with E-state index in [4.69, 9.17) is 10.5 Å². The zero-order chi connectivity index (χ0) is 12.9. The molecule has 0 heterocycles. The van der Waals surface area contributed by atoms with Crippen LogP contribution >= 0.6 is 12.4 Å². The number of carbonyl (C=O) groups excluding carboxylic acids is 1. The first-order valence-corrected chi connectivity index (χ1v) is 5.57. The Morgan fingerprint density at radius 2 is 1.89 bits per heavy atom. The highest BCUT2D eigenvalue weighted by Gasteiger charge is 2.13. The predicted octanol–water partition coefficient (Wildman–Crippen LogP) is 1.72. The Labute approximate surface area is 114 Å². The van der Waals surface area contributed by atoms with E-state index in [0.717, 1.165) is 5.56 Å².